The molecular formula is C14H17BrClNO2. The largest absolute Gasteiger partial charge is 0.393 e. The van der Waals surface area contributed by atoms with Crippen molar-refractivity contribution in [3.63, 3.8) is 0 Å². The topological polar surface area (TPSA) is 49.3 Å². The van der Waals surface area contributed by atoms with Crippen molar-refractivity contribution in [1.29, 1.82) is 0 Å². The highest BCUT2D eigenvalue weighted by molar-refractivity contribution is 9.10. The van der Waals surface area contributed by atoms with Crippen LogP contribution in [0.4, 0.5) is 0 Å². The number of carbonyl (C=O) groups excluding carboxylic acids is 1. The van der Waals surface area contributed by atoms with Crippen molar-refractivity contribution in [2.75, 3.05) is 6.54 Å². The molecule has 5 heteroatoms. The number of nitrogens with one attached hydrogen (secondary N) is 1. The van der Waals surface area contributed by atoms with Crippen LogP contribution in [0.3, 0.4) is 0 Å². The van der Waals surface area contributed by atoms with Gasteiger partial charge in [-0.05, 0) is 59.3 Å². The van der Waals surface area contributed by atoms with Crippen LogP contribution in [-0.4, -0.2) is 23.7 Å². The Balaban J connectivity index is 1.88. The summed E-state index contributed by atoms with van der Waals surface area (Å²) in [4.78, 5) is 12.0. The van der Waals surface area contributed by atoms with Crippen molar-refractivity contribution >= 4 is 33.4 Å². The van der Waals surface area contributed by atoms with Gasteiger partial charge in [0.1, 0.15) is 0 Å². The van der Waals surface area contributed by atoms with E-state index in [1.807, 2.05) is 0 Å². The minimum absolute atomic E-state index is 0.116. The molecule has 3 nitrogen and oxygen atoms in total. The first kappa shape index (κ1) is 14.8. The fraction of sp³-hybridized carbons (Fsp3) is 0.500. The van der Waals surface area contributed by atoms with Crippen molar-refractivity contribution < 1.29 is 9.90 Å². The quantitative estimate of drug-likeness (QED) is 0.881. The van der Waals surface area contributed by atoms with Gasteiger partial charge in [0.2, 0.25) is 0 Å². The Hall–Kier alpha value is -0.580. The highest BCUT2D eigenvalue weighted by Gasteiger charge is 2.20. The van der Waals surface area contributed by atoms with Crippen molar-refractivity contribution in [3.8, 4) is 0 Å². The molecular weight excluding hydrogens is 330 g/mol. The lowest BCUT2D eigenvalue weighted by atomic mass is 9.87. The molecule has 0 aromatic heterocycles. The average Bonchev–Trinajstić information content (AvgIpc) is 2.39. The van der Waals surface area contributed by atoms with E-state index in [0.717, 1.165) is 30.2 Å². The lowest BCUT2D eigenvalue weighted by Gasteiger charge is -2.25. The van der Waals surface area contributed by atoms with E-state index in [-0.39, 0.29) is 12.0 Å². The maximum atomic E-state index is 12.0. The molecule has 0 bridgehead atoms. The summed E-state index contributed by atoms with van der Waals surface area (Å²) in [5.41, 5.74) is 0.560. The summed E-state index contributed by atoms with van der Waals surface area (Å²) in [6, 6.07) is 5.15. The zero-order valence-electron chi connectivity index (χ0n) is 10.5. The number of hydrogen-bond acceptors (Lipinski definition) is 2. The molecule has 1 aliphatic carbocycles. The molecule has 1 amide bonds. The van der Waals surface area contributed by atoms with Crippen molar-refractivity contribution in [1.82, 2.24) is 5.32 Å². The third kappa shape index (κ3) is 4.20. The minimum Gasteiger partial charge on any atom is -0.393 e. The highest BCUT2D eigenvalue weighted by Crippen LogP contribution is 2.24. The van der Waals surface area contributed by atoms with Gasteiger partial charge in [0, 0.05) is 16.6 Å². The molecule has 0 aliphatic heterocycles. The molecule has 1 aromatic carbocycles. The average molecular weight is 347 g/mol. The van der Waals surface area contributed by atoms with Gasteiger partial charge in [0.25, 0.3) is 5.91 Å². The summed E-state index contributed by atoms with van der Waals surface area (Å²) in [5, 5.41) is 13.0. The number of rotatable bonds is 3. The molecule has 1 fully saturated rings. The summed E-state index contributed by atoms with van der Waals surface area (Å²) in [5.74, 6) is 0.257. The van der Waals surface area contributed by atoms with E-state index in [1.165, 1.54) is 0 Å². The molecule has 2 rings (SSSR count). The smallest absolute Gasteiger partial charge is 0.251 e. The van der Waals surface area contributed by atoms with Crippen LogP contribution in [0.25, 0.3) is 0 Å². The van der Waals surface area contributed by atoms with E-state index >= 15 is 0 Å². The first-order valence-electron chi connectivity index (χ1n) is 6.47. The van der Waals surface area contributed by atoms with Gasteiger partial charge >= 0.3 is 0 Å². The minimum atomic E-state index is -0.210. The normalized spacial score (nSPS) is 23.1. The Morgan fingerprint density at radius 2 is 2.26 bits per heavy atom. The number of amides is 1. The summed E-state index contributed by atoms with van der Waals surface area (Å²) in [6.45, 7) is 0.615. The fourth-order valence-corrected chi connectivity index (χ4v) is 2.85. The van der Waals surface area contributed by atoms with Crippen LogP contribution in [-0.2, 0) is 0 Å². The third-order valence-electron chi connectivity index (χ3n) is 3.49. The second kappa shape index (κ2) is 6.73. The van der Waals surface area contributed by atoms with Crippen molar-refractivity contribution in [2.24, 2.45) is 5.92 Å². The monoisotopic (exact) mass is 345 g/mol. The van der Waals surface area contributed by atoms with Crippen molar-refractivity contribution in [2.45, 2.75) is 31.8 Å². The summed E-state index contributed by atoms with van der Waals surface area (Å²) < 4.78 is 0.779. The van der Waals surface area contributed by atoms with Gasteiger partial charge in [0.15, 0.2) is 0 Å². The molecule has 1 aliphatic rings. The van der Waals surface area contributed by atoms with Gasteiger partial charge in [-0.25, -0.2) is 0 Å². The molecule has 1 aromatic rings. The maximum absolute atomic E-state index is 12.0. The van der Waals surface area contributed by atoms with Gasteiger partial charge in [0.05, 0.1) is 11.1 Å². The predicted octanol–water partition coefficient (Wildman–Crippen LogP) is 3.38. The molecule has 0 radical (unpaired) electrons. The van der Waals surface area contributed by atoms with E-state index in [1.54, 1.807) is 18.2 Å². The van der Waals surface area contributed by atoms with Crippen LogP contribution in [0.1, 0.15) is 36.0 Å². The second-order valence-electron chi connectivity index (χ2n) is 5.03. The van der Waals surface area contributed by atoms with Crippen LogP contribution in [0.5, 0.6) is 0 Å². The fourth-order valence-electron chi connectivity index (χ4n) is 2.42. The number of benzene rings is 1. The molecule has 1 saturated carbocycles. The molecule has 0 saturated heterocycles. The van der Waals surface area contributed by atoms with Gasteiger partial charge in [-0.15, -0.1) is 0 Å². The second-order valence-corrected chi connectivity index (χ2v) is 6.29. The molecule has 2 atom stereocenters. The summed E-state index contributed by atoms with van der Waals surface area (Å²) in [7, 11) is 0. The number of halogens is 2. The summed E-state index contributed by atoms with van der Waals surface area (Å²) >= 11 is 9.26. The first-order chi connectivity index (χ1) is 9.06. The molecule has 2 unspecified atom stereocenters. The lowest BCUT2D eigenvalue weighted by Crippen LogP contribution is -2.32. The van der Waals surface area contributed by atoms with E-state index < -0.39 is 0 Å². The van der Waals surface area contributed by atoms with Crippen LogP contribution < -0.4 is 5.32 Å². The summed E-state index contributed by atoms with van der Waals surface area (Å²) in [6.07, 6.45) is 3.55. The zero-order valence-corrected chi connectivity index (χ0v) is 12.9. The van der Waals surface area contributed by atoms with Crippen LogP contribution in [0, 0.1) is 5.92 Å². The Labute approximate surface area is 126 Å². The molecule has 104 valence electrons. The maximum Gasteiger partial charge on any atom is 0.251 e. The predicted molar refractivity (Wildman–Crippen MR) is 79.5 cm³/mol. The Morgan fingerprint density at radius 3 is 2.95 bits per heavy atom. The molecule has 0 spiro atoms. The molecule has 0 heterocycles. The Kier molecular flexibility index (Phi) is 5.25. The standard InChI is InChI=1S/C14H17BrClNO2/c15-12-5-4-10(7-13(12)16)14(19)17-8-9-2-1-3-11(18)6-9/h4-5,7,9,11,18H,1-3,6,8H2,(H,17,19). The molecule has 2 N–H and O–H groups in total. The Morgan fingerprint density at radius 1 is 1.47 bits per heavy atom. The van der Waals surface area contributed by atoms with E-state index in [4.69, 9.17) is 11.6 Å². The molecule has 19 heavy (non-hydrogen) atoms. The van der Waals surface area contributed by atoms with Crippen LogP contribution >= 0.6 is 27.5 Å². The number of aliphatic hydroxyl groups excluding tert-OH is 1. The van der Waals surface area contributed by atoms with Crippen molar-refractivity contribution in [3.05, 3.63) is 33.3 Å². The number of aliphatic hydroxyl groups is 1. The van der Waals surface area contributed by atoms with E-state index in [9.17, 15) is 9.90 Å². The van der Waals surface area contributed by atoms with Gasteiger partial charge < -0.3 is 10.4 Å². The number of hydrogen-bond donors (Lipinski definition) is 2. The van der Waals surface area contributed by atoms with Gasteiger partial charge in [-0.1, -0.05) is 18.0 Å². The highest BCUT2D eigenvalue weighted by atomic mass is 79.9. The van der Waals surface area contributed by atoms with Gasteiger partial charge in [-0.2, -0.15) is 0 Å². The first-order valence-corrected chi connectivity index (χ1v) is 7.64. The van der Waals surface area contributed by atoms with Crippen LogP contribution in [0.2, 0.25) is 5.02 Å². The Bertz CT molecular complexity index is 467. The zero-order chi connectivity index (χ0) is 13.8. The lowest BCUT2D eigenvalue weighted by molar-refractivity contribution is 0.0874. The van der Waals surface area contributed by atoms with E-state index in [2.05, 4.69) is 21.2 Å². The van der Waals surface area contributed by atoms with Crippen LogP contribution in [0.15, 0.2) is 22.7 Å². The van der Waals surface area contributed by atoms with Gasteiger partial charge in [-0.3, -0.25) is 4.79 Å². The van der Waals surface area contributed by atoms with E-state index in [0.29, 0.717) is 23.0 Å². The number of carbonyl (C=O) groups is 1. The SMILES string of the molecule is O=C(NCC1CCCC(O)C1)c1ccc(Br)c(Cl)c1. The third-order valence-corrected chi connectivity index (χ3v) is 4.72.